The summed E-state index contributed by atoms with van der Waals surface area (Å²) >= 11 is 2.33. The number of anilines is 2. The van der Waals surface area contributed by atoms with Gasteiger partial charge in [-0.15, -0.1) is 0 Å². The van der Waals surface area contributed by atoms with Gasteiger partial charge in [0.15, 0.2) is 0 Å². The second-order valence-corrected chi connectivity index (χ2v) is 6.40. The molecular formula is C14H22IN3. The first-order chi connectivity index (χ1) is 8.65. The van der Waals surface area contributed by atoms with Gasteiger partial charge in [-0.25, -0.2) is 0 Å². The smallest absolute Gasteiger partial charge is 0.0477 e. The van der Waals surface area contributed by atoms with Crippen LogP contribution >= 0.6 is 22.6 Å². The van der Waals surface area contributed by atoms with Gasteiger partial charge >= 0.3 is 0 Å². The van der Waals surface area contributed by atoms with Gasteiger partial charge < -0.3 is 16.0 Å². The van der Waals surface area contributed by atoms with Crippen LogP contribution in [0.5, 0.6) is 0 Å². The Kier molecular flexibility index (Phi) is 5.12. The number of halogens is 1. The second-order valence-electron chi connectivity index (χ2n) is 5.23. The van der Waals surface area contributed by atoms with E-state index < -0.39 is 0 Å². The van der Waals surface area contributed by atoms with Gasteiger partial charge in [0.25, 0.3) is 0 Å². The number of benzene rings is 1. The molecule has 1 aromatic carbocycles. The molecule has 1 aliphatic heterocycles. The molecule has 1 atom stereocenters. The summed E-state index contributed by atoms with van der Waals surface area (Å²) in [5.41, 5.74) is 7.77. The summed E-state index contributed by atoms with van der Waals surface area (Å²) in [7, 11) is 0. The number of hydrogen-bond donors (Lipinski definition) is 2. The Bertz CT molecular complexity index is 389. The Morgan fingerprint density at radius 1 is 1.39 bits per heavy atom. The molecule has 3 N–H and O–H groups in total. The molecule has 0 saturated carbocycles. The summed E-state index contributed by atoms with van der Waals surface area (Å²) < 4.78 is 1.20. The molecule has 1 saturated heterocycles. The van der Waals surface area contributed by atoms with Crippen LogP contribution in [0.4, 0.5) is 11.4 Å². The fraction of sp³-hybridized carbons (Fsp3) is 0.571. The first-order valence-electron chi connectivity index (χ1n) is 6.66. The average Bonchev–Trinajstić information content (AvgIpc) is 2.80. The fourth-order valence-corrected chi connectivity index (χ4v) is 3.16. The van der Waals surface area contributed by atoms with E-state index in [-0.39, 0.29) is 0 Å². The molecule has 0 aromatic heterocycles. The standard InChI is InChI=1S/C14H22IN3/c1-11(10-18-6-2-3-7-18)9-17-14-5-4-12(16)8-13(14)15/h4-5,8,11,17H,2-3,6-7,9-10,16H2,1H3. The Hall–Kier alpha value is -0.490. The lowest BCUT2D eigenvalue weighted by atomic mass is 10.1. The van der Waals surface area contributed by atoms with Crippen molar-refractivity contribution in [2.24, 2.45) is 5.92 Å². The molecule has 0 amide bonds. The molecule has 0 bridgehead atoms. The van der Waals surface area contributed by atoms with Crippen molar-refractivity contribution in [3.8, 4) is 0 Å². The van der Waals surface area contributed by atoms with Crippen molar-refractivity contribution in [2.75, 3.05) is 37.2 Å². The van der Waals surface area contributed by atoms with Crippen LogP contribution < -0.4 is 11.1 Å². The minimum absolute atomic E-state index is 0.677. The lowest BCUT2D eigenvalue weighted by Crippen LogP contribution is -2.28. The zero-order valence-electron chi connectivity index (χ0n) is 11.0. The monoisotopic (exact) mass is 359 g/mol. The maximum Gasteiger partial charge on any atom is 0.0477 e. The van der Waals surface area contributed by atoms with E-state index >= 15 is 0 Å². The van der Waals surface area contributed by atoms with E-state index in [1.54, 1.807) is 0 Å². The minimum atomic E-state index is 0.677. The molecule has 1 aliphatic rings. The highest BCUT2D eigenvalue weighted by molar-refractivity contribution is 14.1. The summed E-state index contributed by atoms with van der Waals surface area (Å²) in [4.78, 5) is 2.57. The van der Waals surface area contributed by atoms with Crippen molar-refractivity contribution in [3.63, 3.8) is 0 Å². The first kappa shape index (κ1) is 13.9. The number of nitrogens with zero attached hydrogens (tertiary/aromatic N) is 1. The number of nitrogen functional groups attached to an aromatic ring is 1. The lowest BCUT2D eigenvalue weighted by molar-refractivity contribution is 0.294. The van der Waals surface area contributed by atoms with Gasteiger partial charge in [-0.3, -0.25) is 0 Å². The van der Waals surface area contributed by atoms with Crippen LogP contribution in [0.1, 0.15) is 19.8 Å². The van der Waals surface area contributed by atoms with E-state index in [9.17, 15) is 0 Å². The van der Waals surface area contributed by atoms with Crippen LogP contribution in [0.2, 0.25) is 0 Å². The molecule has 2 rings (SSSR count). The topological polar surface area (TPSA) is 41.3 Å². The molecule has 4 heteroatoms. The molecule has 0 aliphatic carbocycles. The highest BCUT2D eigenvalue weighted by atomic mass is 127. The predicted molar refractivity (Wildman–Crippen MR) is 86.9 cm³/mol. The van der Waals surface area contributed by atoms with Crippen molar-refractivity contribution < 1.29 is 0 Å². The van der Waals surface area contributed by atoms with Gasteiger partial charge in [-0.05, 0) is 72.6 Å². The summed E-state index contributed by atoms with van der Waals surface area (Å²) in [6.07, 6.45) is 2.74. The van der Waals surface area contributed by atoms with E-state index in [0.717, 1.165) is 12.2 Å². The number of nitrogens with one attached hydrogen (secondary N) is 1. The third-order valence-corrected chi connectivity index (χ3v) is 4.30. The van der Waals surface area contributed by atoms with Crippen molar-refractivity contribution >= 4 is 34.0 Å². The summed E-state index contributed by atoms with van der Waals surface area (Å²) in [5.74, 6) is 0.677. The van der Waals surface area contributed by atoms with Crippen molar-refractivity contribution in [1.82, 2.24) is 4.90 Å². The van der Waals surface area contributed by atoms with E-state index in [1.807, 2.05) is 12.1 Å². The Morgan fingerprint density at radius 2 is 2.11 bits per heavy atom. The Labute approximate surface area is 123 Å². The molecule has 18 heavy (non-hydrogen) atoms. The van der Waals surface area contributed by atoms with Gasteiger partial charge in [0.1, 0.15) is 0 Å². The second kappa shape index (κ2) is 6.61. The van der Waals surface area contributed by atoms with E-state index in [2.05, 4.69) is 45.8 Å². The van der Waals surface area contributed by atoms with E-state index in [4.69, 9.17) is 5.73 Å². The van der Waals surface area contributed by atoms with Crippen LogP contribution in [0.15, 0.2) is 18.2 Å². The Morgan fingerprint density at radius 3 is 2.78 bits per heavy atom. The molecule has 100 valence electrons. The van der Waals surface area contributed by atoms with Crippen LogP contribution in [0.3, 0.4) is 0 Å². The van der Waals surface area contributed by atoms with Crippen LogP contribution in [-0.4, -0.2) is 31.1 Å². The normalized spacial score (nSPS) is 17.9. The lowest BCUT2D eigenvalue weighted by Gasteiger charge is -2.21. The summed E-state index contributed by atoms with van der Waals surface area (Å²) in [5, 5.41) is 3.52. The average molecular weight is 359 g/mol. The predicted octanol–water partition coefficient (Wildman–Crippen LogP) is 3.02. The maximum absolute atomic E-state index is 5.75. The summed E-state index contributed by atoms with van der Waals surface area (Å²) in [6, 6.07) is 6.03. The number of likely N-dealkylation sites (tertiary alicyclic amines) is 1. The van der Waals surface area contributed by atoms with Gasteiger partial charge in [0.2, 0.25) is 0 Å². The first-order valence-corrected chi connectivity index (χ1v) is 7.74. The van der Waals surface area contributed by atoms with E-state index in [0.29, 0.717) is 5.92 Å². The SMILES string of the molecule is CC(CNc1ccc(N)cc1I)CN1CCCC1. The number of hydrogen-bond acceptors (Lipinski definition) is 3. The zero-order chi connectivity index (χ0) is 13.0. The van der Waals surface area contributed by atoms with Crippen molar-refractivity contribution in [1.29, 1.82) is 0 Å². The number of rotatable bonds is 5. The van der Waals surface area contributed by atoms with Gasteiger partial charge in [-0.1, -0.05) is 6.92 Å². The Balaban J connectivity index is 1.79. The number of nitrogens with two attached hydrogens (primary N) is 1. The van der Waals surface area contributed by atoms with Gasteiger partial charge in [0, 0.05) is 28.0 Å². The van der Waals surface area contributed by atoms with Crippen molar-refractivity contribution in [3.05, 3.63) is 21.8 Å². The highest BCUT2D eigenvalue weighted by Gasteiger charge is 2.14. The van der Waals surface area contributed by atoms with Crippen molar-refractivity contribution in [2.45, 2.75) is 19.8 Å². The third kappa shape index (κ3) is 4.02. The molecule has 0 spiro atoms. The molecule has 1 aromatic rings. The highest BCUT2D eigenvalue weighted by Crippen LogP contribution is 2.21. The largest absolute Gasteiger partial charge is 0.399 e. The molecule has 1 fully saturated rings. The summed E-state index contributed by atoms with van der Waals surface area (Å²) in [6.45, 7) is 7.11. The molecule has 0 radical (unpaired) electrons. The fourth-order valence-electron chi connectivity index (χ4n) is 2.43. The van der Waals surface area contributed by atoms with Gasteiger partial charge in [-0.2, -0.15) is 0 Å². The van der Waals surface area contributed by atoms with Crippen LogP contribution in [-0.2, 0) is 0 Å². The third-order valence-electron chi connectivity index (χ3n) is 3.40. The molecule has 3 nitrogen and oxygen atoms in total. The minimum Gasteiger partial charge on any atom is -0.399 e. The van der Waals surface area contributed by atoms with Crippen LogP contribution in [0.25, 0.3) is 0 Å². The van der Waals surface area contributed by atoms with E-state index in [1.165, 1.54) is 41.7 Å². The van der Waals surface area contributed by atoms with Gasteiger partial charge in [0.05, 0.1) is 0 Å². The molecule has 1 unspecified atom stereocenters. The quantitative estimate of drug-likeness (QED) is 0.627. The van der Waals surface area contributed by atoms with Crippen LogP contribution in [0, 0.1) is 9.49 Å². The molecule has 1 heterocycles. The molecular weight excluding hydrogens is 337 g/mol. The maximum atomic E-state index is 5.75. The zero-order valence-corrected chi connectivity index (χ0v) is 13.1.